The minimum absolute atomic E-state index is 0.0169. The van der Waals surface area contributed by atoms with Crippen molar-refractivity contribution in [3.8, 4) is 0 Å². The van der Waals surface area contributed by atoms with Crippen molar-refractivity contribution >= 4 is 23.2 Å². The van der Waals surface area contributed by atoms with Crippen LogP contribution in [0.25, 0.3) is 5.57 Å². The van der Waals surface area contributed by atoms with Gasteiger partial charge >= 0.3 is 0 Å². The van der Waals surface area contributed by atoms with E-state index in [1.807, 2.05) is 0 Å². The highest BCUT2D eigenvalue weighted by Gasteiger charge is 2.29. The highest BCUT2D eigenvalue weighted by molar-refractivity contribution is 5.88. The van der Waals surface area contributed by atoms with E-state index in [4.69, 9.17) is 0 Å². The second-order valence-corrected chi connectivity index (χ2v) is 6.74. The standard InChI is InChI=1S/C21H23FN2/c1-5-24-20-10-9-16(11-19(20)15(2)13-21(24,3)4)14-23-18-8-6-7-17(22)12-18/h6-14H,5H2,1-4H3. The van der Waals surface area contributed by atoms with Crippen LogP contribution in [0, 0.1) is 5.82 Å². The third-order valence-corrected chi connectivity index (χ3v) is 4.49. The molecule has 0 amide bonds. The molecule has 0 aromatic heterocycles. The van der Waals surface area contributed by atoms with Crippen molar-refractivity contribution in [1.82, 2.24) is 0 Å². The molecular formula is C21H23FN2. The molecule has 0 fully saturated rings. The zero-order chi connectivity index (χ0) is 17.3. The fourth-order valence-corrected chi connectivity index (χ4v) is 3.46. The van der Waals surface area contributed by atoms with E-state index in [1.165, 1.54) is 29.0 Å². The van der Waals surface area contributed by atoms with Gasteiger partial charge in [0.25, 0.3) is 0 Å². The van der Waals surface area contributed by atoms with Gasteiger partial charge < -0.3 is 4.90 Å². The van der Waals surface area contributed by atoms with E-state index in [0.29, 0.717) is 5.69 Å². The SMILES string of the molecule is CCN1c2ccc(C=Nc3cccc(F)c3)cc2C(C)=CC1(C)C. The van der Waals surface area contributed by atoms with Crippen LogP contribution in [0.2, 0.25) is 0 Å². The molecule has 124 valence electrons. The van der Waals surface area contributed by atoms with Gasteiger partial charge in [-0.05, 0) is 69.2 Å². The Bertz CT molecular complexity index is 818. The first-order valence-electron chi connectivity index (χ1n) is 8.32. The summed E-state index contributed by atoms with van der Waals surface area (Å²) < 4.78 is 13.2. The average Bonchev–Trinajstić information content (AvgIpc) is 2.53. The number of anilines is 1. The highest BCUT2D eigenvalue weighted by Crippen LogP contribution is 2.38. The number of benzene rings is 2. The average molecular weight is 322 g/mol. The van der Waals surface area contributed by atoms with Crippen LogP contribution in [-0.4, -0.2) is 18.3 Å². The molecule has 1 aliphatic rings. The first-order valence-corrected chi connectivity index (χ1v) is 8.32. The summed E-state index contributed by atoms with van der Waals surface area (Å²) in [7, 11) is 0. The van der Waals surface area contributed by atoms with Gasteiger partial charge in [0, 0.05) is 24.0 Å². The van der Waals surface area contributed by atoms with E-state index < -0.39 is 0 Å². The number of fused-ring (bicyclic) bond motifs is 1. The zero-order valence-corrected chi connectivity index (χ0v) is 14.7. The zero-order valence-electron chi connectivity index (χ0n) is 14.7. The van der Waals surface area contributed by atoms with Gasteiger partial charge in [0.1, 0.15) is 5.82 Å². The molecule has 2 aromatic carbocycles. The number of aliphatic imine (C=N–C) groups is 1. The van der Waals surface area contributed by atoms with Crippen LogP contribution in [0.1, 0.15) is 38.8 Å². The maximum atomic E-state index is 13.2. The van der Waals surface area contributed by atoms with Crippen molar-refractivity contribution in [2.75, 3.05) is 11.4 Å². The lowest BCUT2D eigenvalue weighted by molar-refractivity contribution is 0.566. The summed E-state index contributed by atoms with van der Waals surface area (Å²) in [6.07, 6.45) is 4.10. The summed E-state index contributed by atoms with van der Waals surface area (Å²) in [6.45, 7) is 9.77. The maximum absolute atomic E-state index is 13.2. The lowest BCUT2D eigenvalue weighted by atomic mass is 9.88. The molecule has 0 aliphatic carbocycles. The van der Waals surface area contributed by atoms with Crippen molar-refractivity contribution in [2.24, 2.45) is 4.99 Å². The molecule has 2 aromatic rings. The van der Waals surface area contributed by atoms with Crippen molar-refractivity contribution in [3.63, 3.8) is 0 Å². The van der Waals surface area contributed by atoms with Gasteiger partial charge in [0.05, 0.1) is 11.2 Å². The Kier molecular flexibility index (Phi) is 4.27. The summed E-state index contributed by atoms with van der Waals surface area (Å²) in [5.74, 6) is -0.269. The summed E-state index contributed by atoms with van der Waals surface area (Å²) in [6, 6.07) is 12.7. The Labute approximate surface area is 143 Å². The Hall–Kier alpha value is -2.42. The summed E-state index contributed by atoms with van der Waals surface area (Å²) in [5.41, 5.74) is 5.42. The molecular weight excluding hydrogens is 299 g/mol. The van der Waals surface area contributed by atoms with Gasteiger partial charge in [-0.1, -0.05) is 18.2 Å². The Morgan fingerprint density at radius 3 is 2.67 bits per heavy atom. The van der Waals surface area contributed by atoms with Crippen LogP contribution in [0.15, 0.2) is 53.5 Å². The Balaban J connectivity index is 1.96. The molecule has 3 heteroatoms. The summed E-state index contributed by atoms with van der Waals surface area (Å²) >= 11 is 0. The van der Waals surface area contributed by atoms with Crippen LogP contribution in [0.4, 0.5) is 15.8 Å². The van der Waals surface area contributed by atoms with Gasteiger partial charge in [0.2, 0.25) is 0 Å². The quantitative estimate of drug-likeness (QED) is 0.672. The first kappa shape index (κ1) is 16.4. The topological polar surface area (TPSA) is 15.6 Å². The van der Waals surface area contributed by atoms with E-state index in [-0.39, 0.29) is 11.4 Å². The van der Waals surface area contributed by atoms with Crippen LogP contribution >= 0.6 is 0 Å². The molecule has 24 heavy (non-hydrogen) atoms. The third kappa shape index (κ3) is 3.12. The largest absolute Gasteiger partial charge is 0.363 e. The van der Waals surface area contributed by atoms with Gasteiger partial charge in [-0.3, -0.25) is 4.99 Å². The Morgan fingerprint density at radius 1 is 1.17 bits per heavy atom. The molecule has 2 nitrogen and oxygen atoms in total. The number of rotatable bonds is 3. The van der Waals surface area contributed by atoms with Gasteiger partial charge in [0.15, 0.2) is 0 Å². The molecule has 0 radical (unpaired) electrons. The third-order valence-electron chi connectivity index (χ3n) is 4.49. The van der Waals surface area contributed by atoms with Crippen molar-refractivity contribution < 1.29 is 4.39 Å². The first-order chi connectivity index (χ1) is 11.4. The number of hydrogen-bond acceptors (Lipinski definition) is 2. The Morgan fingerprint density at radius 2 is 1.96 bits per heavy atom. The lowest BCUT2D eigenvalue weighted by Gasteiger charge is -2.42. The molecule has 0 spiro atoms. The van der Waals surface area contributed by atoms with Crippen LogP contribution in [0.5, 0.6) is 0 Å². The molecule has 0 saturated carbocycles. The number of halogens is 1. The summed E-state index contributed by atoms with van der Waals surface area (Å²) in [4.78, 5) is 6.79. The second-order valence-electron chi connectivity index (χ2n) is 6.74. The monoisotopic (exact) mass is 322 g/mol. The molecule has 1 aliphatic heterocycles. The maximum Gasteiger partial charge on any atom is 0.125 e. The fourth-order valence-electron chi connectivity index (χ4n) is 3.46. The lowest BCUT2D eigenvalue weighted by Crippen LogP contribution is -2.44. The fraction of sp³-hybridized carbons (Fsp3) is 0.286. The summed E-state index contributed by atoms with van der Waals surface area (Å²) in [5, 5.41) is 0. The predicted molar refractivity (Wildman–Crippen MR) is 101 cm³/mol. The highest BCUT2D eigenvalue weighted by atomic mass is 19.1. The number of likely N-dealkylation sites (N-methyl/N-ethyl adjacent to an activating group) is 1. The number of hydrogen-bond donors (Lipinski definition) is 0. The van der Waals surface area contributed by atoms with Crippen molar-refractivity contribution in [1.29, 1.82) is 0 Å². The van der Waals surface area contributed by atoms with Gasteiger partial charge in [-0.15, -0.1) is 0 Å². The van der Waals surface area contributed by atoms with E-state index >= 15 is 0 Å². The van der Waals surface area contributed by atoms with Crippen LogP contribution in [-0.2, 0) is 0 Å². The number of allylic oxidation sites excluding steroid dienone is 1. The molecule has 0 unspecified atom stereocenters. The van der Waals surface area contributed by atoms with Crippen molar-refractivity contribution in [3.05, 3.63) is 65.5 Å². The molecule has 0 atom stereocenters. The van der Waals surface area contributed by atoms with E-state index in [9.17, 15) is 4.39 Å². The number of nitrogens with zero attached hydrogens (tertiary/aromatic N) is 2. The minimum atomic E-state index is -0.269. The van der Waals surface area contributed by atoms with Crippen molar-refractivity contribution in [2.45, 2.75) is 33.2 Å². The molecule has 1 heterocycles. The smallest absolute Gasteiger partial charge is 0.125 e. The van der Waals surface area contributed by atoms with E-state index in [0.717, 1.165) is 12.1 Å². The molecule has 0 saturated heterocycles. The molecule has 0 N–H and O–H groups in total. The molecule has 3 rings (SSSR count). The second kappa shape index (κ2) is 6.23. The molecule has 0 bridgehead atoms. The van der Waals surface area contributed by atoms with Crippen LogP contribution < -0.4 is 4.90 Å². The van der Waals surface area contributed by atoms with Crippen LogP contribution in [0.3, 0.4) is 0 Å². The predicted octanol–water partition coefficient (Wildman–Crippen LogP) is 5.60. The normalized spacial score (nSPS) is 16.2. The van der Waals surface area contributed by atoms with Gasteiger partial charge in [-0.2, -0.15) is 0 Å². The van der Waals surface area contributed by atoms with E-state index in [2.05, 4.69) is 61.9 Å². The van der Waals surface area contributed by atoms with E-state index in [1.54, 1.807) is 18.3 Å². The van der Waals surface area contributed by atoms with Gasteiger partial charge in [-0.25, -0.2) is 4.39 Å². The minimum Gasteiger partial charge on any atom is -0.363 e.